The molecule has 0 aromatic heterocycles. The van der Waals surface area contributed by atoms with Crippen LogP contribution in [0.2, 0.25) is 0 Å². The zero-order chi connectivity index (χ0) is 15.6. The second-order valence-corrected chi connectivity index (χ2v) is 6.17. The maximum absolute atomic E-state index is 12.1. The van der Waals surface area contributed by atoms with Crippen LogP contribution in [0.4, 0.5) is 5.69 Å². The SMILES string of the molecule is Cc1cc(C)c(NC(=O)CN2C(=O)CSCC2=O)c(C)c1. The van der Waals surface area contributed by atoms with Crippen molar-refractivity contribution in [2.24, 2.45) is 0 Å². The molecule has 1 aromatic carbocycles. The standard InChI is InChI=1S/C15H18N2O3S/c1-9-4-10(2)15(11(3)5-9)16-12(18)6-17-13(19)7-21-8-14(17)20/h4-5H,6-8H2,1-3H3,(H,16,18). The molecule has 0 atom stereocenters. The first-order valence-corrected chi connectivity index (χ1v) is 7.82. The molecular weight excluding hydrogens is 288 g/mol. The summed E-state index contributed by atoms with van der Waals surface area (Å²) in [4.78, 5) is 36.5. The third-order valence-corrected chi connectivity index (χ3v) is 4.20. The molecule has 6 heteroatoms. The Bertz CT molecular complexity index is 574. The van der Waals surface area contributed by atoms with E-state index in [1.165, 1.54) is 11.8 Å². The van der Waals surface area contributed by atoms with Gasteiger partial charge in [-0.3, -0.25) is 19.3 Å². The number of hydrogen-bond acceptors (Lipinski definition) is 4. The van der Waals surface area contributed by atoms with E-state index >= 15 is 0 Å². The summed E-state index contributed by atoms with van der Waals surface area (Å²) in [6.45, 7) is 5.62. The Labute approximate surface area is 128 Å². The molecule has 1 saturated heterocycles. The average Bonchev–Trinajstić information content (AvgIpc) is 2.38. The van der Waals surface area contributed by atoms with Gasteiger partial charge in [0.1, 0.15) is 6.54 Å². The molecule has 0 spiro atoms. The van der Waals surface area contributed by atoms with E-state index in [4.69, 9.17) is 0 Å². The molecule has 21 heavy (non-hydrogen) atoms. The quantitative estimate of drug-likeness (QED) is 0.862. The van der Waals surface area contributed by atoms with Gasteiger partial charge in [-0.25, -0.2) is 0 Å². The minimum absolute atomic E-state index is 0.217. The molecule has 0 radical (unpaired) electrons. The number of carbonyl (C=O) groups is 3. The fourth-order valence-corrected chi connectivity index (χ4v) is 3.16. The van der Waals surface area contributed by atoms with Crippen molar-refractivity contribution in [3.8, 4) is 0 Å². The van der Waals surface area contributed by atoms with Crippen molar-refractivity contribution in [3.05, 3.63) is 28.8 Å². The lowest BCUT2D eigenvalue weighted by Crippen LogP contribution is -2.46. The number of imide groups is 1. The zero-order valence-corrected chi connectivity index (χ0v) is 13.2. The molecule has 0 bridgehead atoms. The number of amides is 3. The minimum Gasteiger partial charge on any atom is -0.324 e. The van der Waals surface area contributed by atoms with Crippen LogP contribution in [-0.4, -0.2) is 40.7 Å². The monoisotopic (exact) mass is 306 g/mol. The van der Waals surface area contributed by atoms with Crippen LogP contribution < -0.4 is 5.32 Å². The fraction of sp³-hybridized carbons (Fsp3) is 0.400. The Morgan fingerprint density at radius 1 is 1.14 bits per heavy atom. The number of carbonyl (C=O) groups excluding carboxylic acids is 3. The van der Waals surface area contributed by atoms with E-state index in [2.05, 4.69) is 5.32 Å². The number of benzene rings is 1. The van der Waals surface area contributed by atoms with Gasteiger partial charge < -0.3 is 5.32 Å². The topological polar surface area (TPSA) is 66.5 Å². The smallest absolute Gasteiger partial charge is 0.244 e. The van der Waals surface area contributed by atoms with E-state index in [9.17, 15) is 14.4 Å². The first kappa shape index (κ1) is 15.6. The molecule has 1 heterocycles. The van der Waals surface area contributed by atoms with Crippen molar-refractivity contribution in [2.45, 2.75) is 20.8 Å². The summed E-state index contributed by atoms with van der Waals surface area (Å²) < 4.78 is 0. The second-order valence-electron chi connectivity index (χ2n) is 5.19. The highest BCUT2D eigenvalue weighted by molar-refractivity contribution is 8.00. The van der Waals surface area contributed by atoms with Gasteiger partial charge in [-0.15, -0.1) is 11.8 Å². The summed E-state index contributed by atoms with van der Waals surface area (Å²) >= 11 is 1.28. The molecule has 0 aliphatic carbocycles. The molecule has 1 aromatic rings. The van der Waals surface area contributed by atoms with Gasteiger partial charge in [0.2, 0.25) is 17.7 Å². The summed E-state index contributed by atoms with van der Waals surface area (Å²) in [5.41, 5.74) is 3.80. The Morgan fingerprint density at radius 3 is 2.19 bits per heavy atom. The molecule has 0 unspecified atom stereocenters. The van der Waals surface area contributed by atoms with Crippen molar-refractivity contribution in [2.75, 3.05) is 23.4 Å². The van der Waals surface area contributed by atoms with Crippen LogP contribution in [0.5, 0.6) is 0 Å². The van der Waals surface area contributed by atoms with Crippen molar-refractivity contribution in [1.29, 1.82) is 0 Å². The first-order valence-electron chi connectivity index (χ1n) is 6.67. The van der Waals surface area contributed by atoms with E-state index in [1.54, 1.807) is 0 Å². The van der Waals surface area contributed by atoms with Crippen LogP contribution in [0.25, 0.3) is 0 Å². The van der Waals surface area contributed by atoms with Gasteiger partial charge in [0, 0.05) is 5.69 Å². The Hall–Kier alpha value is -1.82. The predicted octanol–water partition coefficient (Wildman–Crippen LogP) is 1.65. The Balaban J connectivity index is 2.08. The molecular formula is C15H18N2O3S. The van der Waals surface area contributed by atoms with Gasteiger partial charge in [-0.1, -0.05) is 17.7 Å². The molecule has 5 nitrogen and oxygen atoms in total. The summed E-state index contributed by atoms with van der Waals surface area (Å²) in [5, 5.41) is 2.80. The molecule has 1 aliphatic rings. The van der Waals surface area contributed by atoms with Crippen molar-refractivity contribution >= 4 is 35.2 Å². The van der Waals surface area contributed by atoms with Crippen LogP contribution >= 0.6 is 11.8 Å². The summed E-state index contributed by atoms with van der Waals surface area (Å²) in [5.74, 6) is -0.449. The fourth-order valence-electron chi connectivity index (χ4n) is 2.40. The number of rotatable bonds is 3. The average molecular weight is 306 g/mol. The zero-order valence-electron chi connectivity index (χ0n) is 12.4. The third-order valence-electron chi connectivity index (χ3n) is 3.30. The summed E-state index contributed by atoms with van der Waals surface area (Å²) in [7, 11) is 0. The van der Waals surface area contributed by atoms with Gasteiger partial charge in [-0.2, -0.15) is 0 Å². The molecule has 3 amide bonds. The molecule has 1 fully saturated rings. The van der Waals surface area contributed by atoms with E-state index < -0.39 is 0 Å². The van der Waals surface area contributed by atoms with Crippen LogP contribution in [0.15, 0.2) is 12.1 Å². The number of aryl methyl sites for hydroxylation is 3. The van der Waals surface area contributed by atoms with Crippen molar-refractivity contribution in [3.63, 3.8) is 0 Å². The highest BCUT2D eigenvalue weighted by Crippen LogP contribution is 2.22. The lowest BCUT2D eigenvalue weighted by atomic mass is 10.1. The maximum Gasteiger partial charge on any atom is 0.244 e. The van der Waals surface area contributed by atoms with Crippen LogP contribution in [0.3, 0.4) is 0 Å². The third kappa shape index (κ3) is 3.64. The van der Waals surface area contributed by atoms with Gasteiger partial charge >= 0.3 is 0 Å². The van der Waals surface area contributed by atoms with Crippen LogP contribution in [-0.2, 0) is 14.4 Å². The van der Waals surface area contributed by atoms with Crippen molar-refractivity contribution in [1.82, 2.24) is 4.90 Å². The van der Waals surface area contributed by atoms with Gasteiger partial charge in [0.05, 0.1) is 11.5 Å². The van der Waals surface area contributed by atoms with Crippen molar-refractivity contribution < 1.29 is 14.4 Å². The lowest BCUT2D eigenvalue weighted by Gasteiger charge is -2.24. The Morgan fingerprint density at radius 2 is 1.67 bits per heavy atom. The lowest BCUT2D eigenvalue weighted by molar-refractivity contribution is -0.144. The summed E-state index contributed by atoms with van der Waals surface area (Å²) in [6, 6.07) is 3.97. The first-order chi connectivity index (χ1) is 9.88. The molecule has 0 saturated carbocycles. The molecule has 2 rings (SSSR count). The van der Waals surface area contributed by atoms with Gasteiger partial charge in [0.25, 0.3) is 0 Å². The molecule has 1 N–H and O–H groups in total. The number of hydrogen-bond donors (Lipinski definition) is 1. The molecule has 1 aliphatic heterocycles. The Kier molecular flexibility index (Phi) is 4.67. The van der Waals surface area contributed by atoms with E-state index in [0.29, 0.717) is 0 Å². The predicted molar refractivity (Wildman–Crippen MR) is 83.3 cm³/mol. The minimum atomic E-state index is -0.348. The van der Waals surface area contributed by atoms with E-state index in [1.807, 2.05) is 32.9 Å². The second kappa shape index (κ2) is 6.30. The largest absolute Gasteiger partial charge is 0.324 e. The van der Waals surface area contributed by atoms with E-state index in [0.717, 1.165) is 27.3 Å². The van der Waals surface area contributed by atoms with E-state index in [-0.39, 0.29) is 35.8 Å². The normalized spacial score (nSPS) is 15.3. The molecule has 112 valence electrons. The number of thioether (sulfide) groups is 1. The number of nitrogens with one attached hydrogen (secondary N) is 1. The van der Waals surface area contributed by atoms with Crippen LogP contribution in [0, 0.1) is 20.8 Å². The highest BCUT2D eigenvalue weighted by Gasteiger charge is 2.28. The number of nitrogens with zero attached hydrogens (tertiary/aromatic N) is 1. The van der Waals surface area contributed by atoms with Gasteiger partial charge in [-0.05, 0) is 31.9 Å². The van der Waals surface area contributed by atoms with Gasteiger partial charge in [0.15, 0.2) is 0 Å². The summed E-state index contributed by atoms with van der Waals surface area (Å²) in [6.07, 6.45) is 0. The van der Waals surface area contributed by atoms with Crippen LogP contribution in [0.1, 0.15) is 16.7 Å². The highest BCUT2D eigenvalue weighted by atomic mass is 32.2. The maximum atomic E-state index is 12.1. The number of anilines is 1.